The number of carbonyl (C=O) groups excluding carboxylic acids is 1. The zero-order valence-electron chi connectivity index (χ0n) is 11.5. The summed E-state index contributed by atoms with van der Waals surface area (Å²) < 4.78 is 6.89. The van der Waals surface area contributed by atoms with Crippen LogP contribution >= 0.6 is 0 Å². The first-order valence-electron chi connectivity index (χ1n) is 6.10. The summed E-state index contributed by atoms with van der Waals surface area (Å²) in [5.74, 6) is -0.403. The minimum Gasteiger partial charge on any atom is -0.465 e. The number of ether oxygens (including phenoxy) is 1. The van der Waals surface area contributed by atoms with E-state index in [0.29, 0.717) is 11.3 Å². The van der Waals surface area contributed by atoms with Gasteiger partial charge < -0.3 is 9.30 Å². The molecule has 2 rings (SSSR count). The lowest BCUT2D eigenvalue weighted by Crippen LogP contribution is -2.03. The first-order chi connectivity index (χ1) is 8.99. The van der Waals surface area contributed by atoms with E-state index in [1.807, 2.05) is 19.2 Å². The predicted octanol–water partition coefficient (Wildman–Crippen LogP) is 3.87. The zero-order chi connectivity index (χ0) is 14.2. The molecule has 0 unspecified atom stereocenters. The maximum absolute atomic E-state index is 11.9. The Kier molecular flexibility index (Phi) is 3.30. The minimum atomic E-state index is -0.403. The van der Waals surface area contributed by atoms with Gasteiger partial charge in [0.25, 0.3) is 0 Å². The molecule has 0 amide bonds. The van der Waals surface area contributed by atoms with E-state index in [4.69, 9.17) is 11.3 Å². The number of nitrogens with zero attached hydrogens (tertiary/aromatic N) is 2. The van der Waals surface area contributed by atoms with Gasteiger partial charge in [0.2, 0.25) is 0 Å². The number of benzene rings is 1. The fourth-order valence-corrected chi connectivity index (χ4v) is 2.34. The highest BCUT2D eigenvalue weighted by molar-refractivity contribution is 6.07. The third-order valence-corrected chi connectivity index (χ3v) is 3.20. The average molecular weight is 256 g/mol. The summed E-state index contributed by atoms with van der Waals surface area (Å²) in [6, 6.07) is 3.68. The van der Waals surface area contributed by atoms with Crippen LogP contribution in [-0.2, 0) is 4.74 Å². The van der Waals surface area contributed by atoms with Crippen LogP contribution in [-0.4, -0.2) is 17.6 Å². The molecule has 0 spiro atoms. The van der Waals surface area contributed by atoms with Crippen LogP contribution in [0.15, 0.2) is 18.3 Å². The Hall–Kier alpha value is -2.28. The van der Waals surface area contributed by atoms with Gasteiger partial charge in [0.1, 0.15) is 0 Å². The highest BCUT2D eigenvalue weighted by Crippen LogP contribution is 2.32. The van der Waals surface area contributed by atoms with Gasteiger partial charge in [-0.2, -0.15) is 0 Å². The van der Waals surface area contributed by atoms with Crippen molar-refractivity contribution in [3.05, 3.63) is 40.9 Å². The van der Waals surface area contributed by atoms with E-state index < -0.39 is 5.97 Å². The van der Waals surface area contributed by atoms with E-state index in [2.05, 4.69) is 23.3 Å². The number of hydrogen-bond acceptors (Lipinski definition) is 2. The van der Waals surface area contributed by atoms with Crippen molar-refractivity contribution >= 4 is 22.6 Å². The maximum atomic E-state index is 11.9. The smallest absolute Gasteiger partial charge is 0.337 e. The lowest BCUT2D eigenvalue weighted by Gasteiger charge is -2.10. The molecule has 0 aliphatic heterocycles. The summed E-state index contributed by atoms with van der Waals surface area (Å²) in [5.41, 5.74) is 2.83. The van der Waals surface area contributed by atoms with Crippen molar-refractivity contribution in [1.82, 2.24) is 4.57 Å². The van der Waals surface area contributed by atoms with Gasteiger partial charge in [0.15, 0.2) is 5.69 Å². The summed E-state index contributed by atoms with van der Waals surface area (Å²) in [6.07, 6.45) is 2.01. The zero-order valence-corrected chi connectivity index (χ0v) is 11.5. The van der Waals surface area contributed by atoms with Crippen molar-refractivity contribution in [2.75, 3.05) is 7.11 Å². The van der Waals surface area contributed by atoms with Gasteiger partial charge in [-0.15, -0.1) is 0 Å². The second kappa shape index (κ2) is 4.77. The Morgan fingerprint density at radius 3 is 2.63 bits per heavy atom. The Balaban J connectivity index is 2.89. The molecule has 0 aliphatic carbocycles. The molecule has 0 N–H and O–H groups in total. The van der Waals surface area contributed by atoms with Gasteiger partial charge in [-0.05, 0) is 38.5 Å². The number of hydrogen-bond donors (Lipinski definition) is 0. The minimum absolute atomic E-state index is 0.266. The molecule has 19 heavy (non-hydrogen) atoms. The maximum Gasteiger partial charge on any atom is 0.337 e. The molecule has 98 valence electrons. The van der Waals surface area contributed by atoms with Crippen molar-refractivity contribution < 1.29 is 9.53 Å². The van der Waals surface area contributed by atoms with Gasteiger partial charge in [-0.1, -0.05) is 0 Å². The van der Waals surface area contributed by atoms with Crippen molar-refractivity contribution in [2.45, 2.75) is 26.8 Å². The molecule has 0 bridgehead atoms. The van der Waals surface area contributed by atoms with E-state index >= 15 is 0 Å². The van der Waals surface area contributed by atoms with Gasteiger partial charge in [0.05, 0.1) is 19.2 Å². The molecule has 4 heteroatoms. The van der Waals surface area contributed by atoms with Crippen molar-refractivity contribution in [1.29, 1.82) is 0 Å². The standard InChI is InChI=1S/C15H16N2O2/c1-9(2)17-8-10(3)14-12(15(18)19-5)6-11(16-4)7-13(14)17/h6-9H,1-3,5H3. The van der Waals surface area contributed by atoms with Crippen LogP contribution in [0.3, 0.4) is 0 Å². The first-order valence-corrected chi connectivity index (χ1v) is 6.10. The molecule has 1 heterocycles. The number of rotatable bonds is 2. The Morgan fingerprint density at radius 2 is 2.11 bits per heavy atom. The summed E-state index contributed by atoms with van der Waals surface area (Å²) in [4.78, 5) is 15.3. The largest absolute Gasteiger partial charge is 0.465 e. The number of fused-ring (bicyclic) bond motifs is 1. The molecule has 0 atom stereocenters. The lowest BCUT2D eigenvalue weighted by molar-refractivity contribution is 0.0603. The molecule has 0 aliphatic rings. The van der Waals surface area contributed by atoms with Crippen LogP contribution < -0.4 is 0 Å². The summed E-state index contributed by atoms with van der Waals surface area (Å²) in [7, 11) is 1.35. The first kappa shape index (κ1) is 13.2. The van der Waals surface area contributed by atoms with Gasteiger partial charge >= 0.3 is 5.97 Å². The third-order valence-electron chi connectivity index (χ3n) is 3.20. The van der Waals surface area contributed by atoms with E-state index in [0.717, 1.165) is 16.5 Å². The molecule has 1 aromatic carbocycles. The molecule has 1 aromatic heterocycles. The average Bonchev–Trinajstić information content (AvgIpc) is 2.74. The Bertz CT molecular complexity index is 690. The monoisotopic (exact) mass is 256 g/mol. The fraction of sp³-hybridized carbons (Fsp3) is 0.333. The van der Waals surface area contributed by atoms with E-state index in [1.165, 1.54) is 7.11 Å². The Labute approximate surface area is 112 Å². The summed E-state index contributed by atoms with van der Waals surface area (Å²) in [5, 5.41) is 0.868. The van der Waals surface area contributed by atoms with Crippen molar-refractivity contribution in [2.24, 2.45) is 0 Å². The third kappa shape index (κ3) is 2.08. The summed E-state index contributed by atoms with van der Waals surface area (Å²) in [6.45, 7) is 13.3. The normalized spacial score (nSPS) is 10.7. The number of aryl methyl sites for hydroxylation is 1. The van der Waals surface area contributed by atoms with Crippen molar-refractivity contribution in [3.8, 4) is 0 Å². The molecule has 0 saturated heterocycles. The van der Waals surface area contributed by atoms with Crippen LogP contribution in [0.5, 0.6) is 0 Å². The van der Waals surface area contributed by atoms with Crippen LogP contribution in [0.25, 0.3) is 15.7 Å². The Morgan fingerprint density at radius 1 is 1.42 bits per heavy atom. The molecule has 0 fully saturated rings. The van der Waals surface area contributed by atoms with E-state index in [-0.39, 0.29) is 6.04 Å². The lowest BCUT2D eigenvalue weighted by atomic mass is 10.1. The second-order valence-electron chi connectivity index (χ2n) is 4.80. The second-order valence-corrected chi connectivity index (χ2v) is 4.80. The van der Waals surface area contributed by atoms with Gasteiger partial charge in [-0.25, -0.2) is 9.64 Å². The van der Waals surface area contributed by atoms with Gasteiger partial charge in [-0.3, -0.25) is 0 Å². The molecule has 4 nitrogen and oxygen atoms in total. The van der Waals surface area contributed by atoms with Gasteiger partial charge in [0, 0.05) is 23.1 Å². The molecule has 0 radical (unpaired) electrons. The molecule has 2 aromatic rings. The highest BCUT2D eigenvalue weighted by atomic mass is 16.5. The van der Waals surface area contributed by atoms with Crippen LogP contribution in [0.2, 0.25) is 0 Å². The number of carbonyl (C=O) groups is 1. The SMILES string of the molecule is [C-]#[N+]c1cc(C(=O)OC)c2c(C)cn(C(C)C)c2c1. The fourth-order valence-electron chi connectivity index (χ4n) is 2.34. The van der Waals surface area contributed by atoms with E-state index in [9.17, 15) is 4.79 Å². The topological polar surface area (TPSA) is 35.6 Å². The molecular formula is C15H16N2O2. The van der Waals surface area contributed by atoms with Crippen LogP contribution in [0, 0.1) is 13.5 Å². The number of esters is 1. The number of aromatic nitrogens is 1. The molecular weight excluding hydrogens is 240 g/mol. The van der Waals surface area contributed by atoms with E-state index in [1.54, 1.807) is 6.07 Å². The predicted molar refractivity (Wildman–Crippen MR) is 74.7 cm³/mol. The van der Waals surface area contributed by atoms with Crippen LogP contribution in [0.1, 0.15) is 35.8 Å². The number of methoxy groups -OCH3 is 1. The quantitative estimate of drug-likeness (QED) is 0.604. The summed E-state index contributed by atoms with van der Waals surface area (Å²) >= 11 is 0. The van der Waals surface area contributed by atoms with Crippen LogP contribution in [0.4, 0.5) is 5.69 Å². The molecule has 0 saturated carbocycles. The van der Waals surface area contributed by atoms with Crippen molar-refractivity contribution in [3.63, 3.8) is 0 Å². The highest BCUT2D eigenvalue weighted by Gasteiger charge is 2.18.